The van der Waals surface area contributed by atoms with Crippen LogP contribution in [0.15, 0.2) is 71.8 Å². The quantitative estimate of drug-likeness (QED) is 0.187. The molecule has 0 spiro atoms. The van der Waals surface area contributed by atoms with Crippen LogP contribution in [-0.4, -0.2) is 24.0 Å². The van der Waals surface area contributed by atoms with E-state index in [2.05, 4.69) is 15.8 Å². The predicted molar refractivity (Wildman–Crippen MR) is 123 cm³/mol. The molecule has 0 saturated carbocycles. The van der Waals surface area contributed by atoms with Gasteiger partial charge in [0.15, 0.2) is 0 Å². The van der Waals surface area contributed by atoms with Gasteiger partial charge in [0.05, 0.1) is 21.8 Å². The van der Waals surface area contributed by atoms with Gasteiger partial charge in [-0.25, -0.2) is 10.2 Å². The van der Waals surface area contributed by atoms with E-state index in [4.69, 9.17) is 27.9 Å². The molecule has 0 aromatic heterocycles. The number of nitrogens with one attached hydrogen (secondary N) is 2. The van der Waals surface area contributed by atoms with Crippen molar-refractivity contribution in [1.82, 2.24) is 5.43 Å². The topological polar surface area (TPSA) is 96.9 Å². The highest BCUT2D eigenvalue weighted by Crippen LogP contribution is 2.24. The van der Waals surface area contributed by atoms with Gasteiger partial charge in [-0.05, 0) is 66.6 Å². The van der Waals surface area contributed by atoms with Crippen LogP contribution in [0.1, 0.15) is 21.5 Å². The van der Waals surface area contributed by atoms with Gasteiger partial charge in [0.2, 0.25) is 0 Å². The van der Waals surface area contributed by atoms with Gasteiger partial charge in [0.25, 0.3) is 0 Å². The maximum atomic E-state index is 12.2. The van der Waals surface area contributed by atoms with E-state index < -0.39 is 17.8 Å². The van der Waals surface area contributed by atoms with E-state index in [1.165, 1.54) is 24.4 Å². The number of hydrogen-bond acceptors (Lipinski definition) is 5. The van der Waals surface area contributed by atoms with Gasteiger partial charge in [0.1, 0.15) is 5.75 Å². The monoisotopic (exact) mass is 469 g/mol. The fraction of sp³-hybridized carbons (Fsp3) is 0.0435. The number of aryl methyl sites for hydroxylation is 1. The Hall–Kier alpha value is -3.68. The molecule has 0 bridgehead atoms. The highest BCUT2D eigenvalue weighted by molar-refractivity contribution is 6.43. The highest BCUT2D eigenvalue weighted by Gasteiger charge is 2.14. The van der Waals surface area contributed by atoms with Crippen molar-refractivity contribution in [1.29, 1.82) is 0 Å². The molecular weight excluding hydrogens is 453 g/mol. The fourth-order valence-corrected chi connectivity index (χ4v) is 2.86. The van der Waals surface area contributed by atoms with E-state index in [-0.39, 0.29) is 5.02 Å². The summed E-state index contributed by atoms with van der Waals surface area (Å²) in [6, 6.07) is 18.0. The van der Waals surface area contributed by atoms with Gasteiger partial charge in [-0.3, -0.25) is 9.59 Å². The maximum Gasteiger partial charge on any atom is 0.343 e. The van der Waals surface area contributed by atoms with Crippen LogP contribution in [0, 0.1) is 6.92 Å². The molecule has 3 rings (SSSR count). The lowest BCUT2D eigenvalue weighted by Gasteiger charge is -2.06. The second kappa shape index (κ2) is 10.6. The van der Waals surface area contributed by atoms with Crippen molar-refractivity contribution < 1.29 is 19.1 Å². The molecule has 3 aromatic carbocycles. The third-order valence-corrected chi connectivity index (χ3v) is 4.96. The molecule has 3 aromatic rings. The number of esters is 1. The van der Waals surface area contributed by atoms with Crippen LogP contribution in [0.4, 0.5) is 5.69 Å². The van der Waals surface area contributed by atoms with E-state index in [0.29, 0.717) is 27.6 Å². The molecule has 7 nitrogen and oxygen atoms in total. The number of anilines is 1. The number of hydrogen-bond donors (Lipinski definition) is 2. The van der Waals surface area contributed by atoms with E-state index in [0.717, 1.165) is 5.56 Å². The lowest BCUT2D eigenvalue weighted by molar-refractivity contribution is -0.136. The van der Waals surface area contributed by atoms with E-state index in [9.17, 15) is 14.4 Å². The van der Waals surface area contributed by atoms with Crippen molar-refractivity contribution in [2.24, 2.45) is 5.10 Å². The zero-order valence-corrected chi connectivity index (χ0v) is 18.3. The number of halogens is 2. The van der Waals surface area contributed by atoms with Crippen LogP contribution in [-0.2, 0) is 9.59 Å². The first kappa shape index (κ1) is 23.0. The minimum atomic E-state index is -0.962. The van der Waals surface area contributed by atoms with Crippen molar-refractivity contribution in [2.75, 3.05) is 5.32 Å². The van der Waals surface area contributed by atoms with E-state index >= 15 is 0 Å². The normalized spacial score (nSPS) is 10.6. The summed E-state index contributed by atoms with van der Waals surface area (Å²) in [6.45, 7) is 1.83. The Morgan fingerprint density at radius 3 is 2.31 bits per heavy atom. The van der Waals surface area contributed by atoms with Crippen molar-refractivity contribution >= 4 is 52.9 Å². The summed E-state index contributed by atoms with van der Waals surface area (Å²) in [5, 5.41) is 6.71. The molecule has 162 valence electrons. The smallest absolute Gasteiger partial charge is 0.343 e. The number of benzene rings is 3. The van der Waals surface area contributed by atoms with Crippen LogP contribution in [0.25, 0.3) is 0 Å². The van der Waals surface area contributed by atoms with Crippen LogP contribution in [0.2, 0.25) is 10.0 Å². The first-order chi connectivity index (χ1) is 15.3. The van der Waals surface area contributed by atoms with Gasteiger partial charge in [-0.15, -0.1) is 0 Å². The van der Waals surface area contributed by atoms with Gasteiger partial charge in [-0.2, -0.15) is 5.10 Å². The lowest BCUT2D eigenvalue weighted by atomic mass is 10.1. The molecule has 0 aliphatic carbocycles. The Bertz CT molecular complexity index is 1190. The highest BCUT2D eigenvalue weighted by atomic mass is 35.5. The Labute approximate surface area is 194 Å². The Morgan fingerprint density at radius 1 is 0.906 bits per heavy atom. The van der Waals surface area contributed by atoms with Crippen LogP contribution < -0.4 is 15.5 Å². The Balaban J connectivity index is 1.52. The SMILES string of the molecule is Cc1ccccc1C(=O)Oc1ccc(/C=N\NC(=O)C(=O)Nc2ccc(Cl)c(Cl)c2)cc1. The molecule has 32 heavy (non-hydrogen) atoms. The Kier molecular flexibility index (Phi) is 7.59. The van der Waals surface area contributed by atoms with Crippen LogP contribution in [0.3, 0.4) is 0 Å². The molecule has 0 heterocycles. The molecule has 0 atom stereocenters. The number of hydrazone groups is 1. The summed E-state index contributed by atoms with van der Waals surface area (Å²) in [4.78, 5) is 36.0. The summed E-state index contributed by atoms with van der Waals surface area (Å²) in [6.07, 6.45) is 1.34. The largest absolute Gasteiger partial charge is 0.423 e. The standard InChI is InChI=1S/C23H17Cl2N3O4/c1-14-4-2-3-5-18(14)23(31)32-17-9-6-15(7-10-17)13-26-28-22(30)21(29)27-16-8-11-19(24)20(25)12-16/h2-13H,1H3,(H,27,29)(H,28,30)/b26-13-. The first-order valence-corrected chi connectivity index (χ1v) is 10.1. The summed E-state index contributed by atoms with van der Waals surface area (Å²) in [5.41, 5.74) is 4.37. The summed E-state index contributed by atoms with van der Waals surface area (Å²) in [7, 11) is 0. The Morgan fingerprint density at radius 2 is 1.62 bits per heavy atom. The summed E-state index contributed by atoms with van der Waals surface area (Å²) >= 11 is 11.7. The number of carbonyl (C=O) groups is 3. The molecule has 0 aliphatic rings. The van der Waals surface area contributed by atoms with Gasteiger partial charge in [0, 0.05) is 5.69 Å². The van der Waals surface area contributed by atoms with Crippen molar-refractivity contribution in [3.63, 3.8) is 0 Å². The molecule has 0 aliphatic heterocycles. The van der Waals surface area contributed by atoms with E-state index in [1.54, 1.807) is 36.4 Å². The molecule has 0 radical (unpaired) electrons. The number of ether oxygens (including phenoxy) is 1. The average molecular weight is 470 g/mol. The third-order valence-electron chi connectivity index (χ3n) is 4.22. The van der Waals surface area contributed by atoms with Crippen molar-refractivity contribution in [2.45, 2.75) is 6.92 Å². The first-order valence-electron chi connectivity index (χ1n) is 9.31. The van der Waals surface area contributed by atoms with Crippen LogP contribution in [0.5, 0.6) is 5.75 Å². The third kappa shape index (κ3) is 6.16. The van der Waals surface area contributed by atoms with E-state index in [1.807, 2.05) is 19.1 Å². The maximum absolute atomic E-state index is 12.2. The number of rotatable bonds is 5. The molecule has 0 saturated heterocycles. The molecule has 0 unspecified atom stereocenters. The zero-order valence-electron chi connectivity index (χ0n) is 16.8. The second-order valence-electron chi connectivity index (χ2n) is 6.56. The second-order valence-corrected chi connectivity index (χ2v) is 7.37. The summed E-state index contributed by atoms with van der Waals surface area (Å²) in [5.74, 6) is -1.97. The zero-order chi connectivity index (χ0) is 23.1. The minimum Gasteiger partial charge on any atom is -0.423 e. The molecule has 0 fully saturated rings. The van der Waals surface area contributed by atoms with Gasteiger partial charge < -0.3 is 10.1 Å². The predicted octanol–water partition coefficient (Wildman–Crippen LogP) is 4.61. The molecule has 9 heteroatoms. The number of nitrogens with zero attached hydrogens (tertiary/aromatic N) is 1. The van der Waals surface area contributed by atoms with Gasteiger partial charge >= 0.3 is 17.8 Å². The number of amides is 2. The van der Waals surface area contributed by atoms with Gasteiger partial charge in [-0.1, -0.05) is 41.4 Å². The molecule has 2 N–H and O–H groups in total. The van der Waals surface area contributed by atoms with Crippen LogP contribution >= 0.6 is 23.2 Å². The molecular formula is C23H17Cl2N3O4. The lowest BCUT2D eigenvalue weighted by Crippen LogP contribution is -2.32. The fourth-order valence-electron chi connectivity index (χ4n) is 2.56. The molecule has 2 amide bonds. The van der Waals surface area contributed by atoms with Crippen molar-refractivity contribution in [3.8, 4) is 5.75 Å². The summed E-state index contributed by atoms with van der Waals surface area (Å²) < 4.78 is 5.36. The van der Waals surface area contributed by atoms with Crippen molar-refractivity contribution in [3.05, 3.63) is 93.5 Å². The average Bonchev–Trinajstić information content (AvgIpc) is 2.77. The minimum absolute atomic E-state index is 0.246. The number of carbonyl (C=O) groups excluding carboxylic acids is 3.